The van der Waals surface area contributed by atoms with Crippen LogP contribution in [0.5, 0.6) is 0 Å². The predicted octanol–water partition coefficient (Wildman–Crippen LogP) is -0.0702. The van der Waals surface area contributed by atoms with E-state index in [1.54, 1.807) is 4.90 Å². The number of primary amides is 1. The van der Waals surface area contributed by atoms with Crippen molar-refractivity contribution in [3.8, 4) is 0 Å². The van der Waals surface area contributed by atoms with Gasteiger partial charge in [-0.2, -0.15) is 0 Å². The van der Waals surface area contributed by atoms with Crippen LogP contribution in [0.3, 0.4) is 0 Å². The van der Waals surface area contributed by atoms with E-state index in [1.807, 2.05) is 6.92 Å². The van der Waals surface area contributed by atoms with E-state index in [-0.39, 0.29) is 17.9 Å². The van der Waals surface area contributed by atoms with E-state index < -0.39 is 0 Å². The molecule has 6 heteroatoms. The first-order valence-corrected chi connectivity index (χ1v) is 5.98. The number of carbonyl (C=O) groups is 2. The Balaban J connectivity index is 2.12. The van der Waals surface area contributed by atoms with E-state index in [2.05, 4.69) is 5.32 Å². The van der Waals surface area contributed by atoms with E-state index in [1.165, 1.54) is 0 Å². The maximum atomic E-state index is 11.7. The molecule has 0 saturated carbocycles. The zero-order valence-corrected chi connectivity index (χ0v) is 10.3. The van der Waals surface area contributed by atoms with Crippen LogP contribution in [0.2, 0.25) is 0 Å². The number of nitrogens with zero attached hydrogens (tertiary/aromatic N) is 1. The number of carbonyl (C=O) groups excluding carboxylic acids is 2. The molecule has 0 spiro atoms. The van der Waals surface area contributed by atoms with Gasteiger partial charge < -0.3 is 20.7 Å². The van der Waals surface area contributed by atoms with Crippen molar-refractivity contribution in [3.63, 3.8) is 0 Å². The third-order valence-electron chi connectivity index (χ3n) is 2.76. The molecule has 0 aliphatic carbocycles. The summed E-state index contributed by atoms with van der Waals surface area (Å²) in [6, 6.07) is -0.0559. The first kappa shape index (κ1) is 13.8. The number of morpholine rings is 1. The molecule has 6 nitrogen and oxygen atoms in total. The van der Waals surface area contributed by atoms with Crippen LogP contribution >= 0.6 is 0 Å². The standard InChI is InChI=1S/C11H21N3O3/c1-9(8-10(12)15)2-3-13-11(16)14-4-6-17-7-5-14/h9H,2-8H2,1H3,(H2,12,15)(H,13,16)/t9-/m0/s1. The van der Waals surface area contributed by atoms with Gasteiger partial charge in [0.05, 0.1) is 13.2 Å². The lowest BCUT2D eigenvalue weighted by molar-refractivity contribution is -0.118. The summed E-state index contributed by atoms with van der Waals surface area (Å²) in [5, 5.41) is 2.84. The summed E-state index contributed by atoms with van der Waals surface area (Å²) in [6.07, 6.45) is 1.13. The second kappa shape index (κ2) is 7.11. The van der Waals surface area contributed by atoms with Crippen molar-refractivity contribution in [3.05, 3.63) is 0 Å². The number of nitrogens with one attached hydrogen (secondary N) is 1. The van der Waals surface area contributed by atoms with Gasteiger partial charge in [-0.15, -0.1) is 0 Å². The molecular weight excluding hydrogens is 222 g/mol. The van der Waals surface area contributed by atoms with Crippen LogP contribution in [-0.4, -0.2) is 49.7 Å². The summed E-state index contributed by atoms with van der Waals surface area (Å²) >= 11 is 0. The minimum atomic E-state index is -0.294. The van der Waals surface area contributed by atoms with Crippen LogP contribution in [0.1, 0.15) is 19.8 Å². The minimum Gasteiger partial charge on any atom is -0.378 e. The number of ether oxygens (including phenoxy) is 1. The van der Waals surface area contributed by atoms with Crippen molar-refractivity contribution in [2.24, 2.45) is 11.7 Å². The molecule has 98 valence electrons. The Morgan fingerprint density at radius 3 is 2.65 bits per heavy atom. The van der Waals surface area contributed by atoms with Crippen LogP contribution in [-0.2, 0) is 9.53 Å². The highest BCUT2D eigenvalue weighted by molar-refractivity contribution is 5.74. The highest BCUT2D eigenvalue weighted by Crippen LogP contribution is 2.05. The molecule has 1 rings (SSSR count). The molecule has 1 heterocycles. The van der Waals surface area contributed by atoms with Gasteiger partial charge in [-0.1, -0.05) is 6.92 Å². The molecule has 1 aliphatic rings. The molecule has 1 aliphatic heterocycles. The van der Waals surface area contributed by atoms with Gasteiger partial charge in [-0.3, -0.25) is 4.79 Å². The molecule has 0 radical (unpaired) electrons. The number of hydrogen-bond donors (Lipinski definition) is 2. The highest BCUT2D eigenvalue weighted by Gasteiger charge is 2.16. The molecule has 1 atom stereocenters. The van der Waals surface area contributed by atoms with E-state index in [0.29, 0.717) is 39.3 Å². The second-order valence-corrected chi connectivity index (χ2v) is 4.40. The normalized spacial score (nSPS) is 17.6. The zero-order valence-electron chi connectivity index (χ0n) is 10.3. The topological polar surface area (TPSA) is 84.7 Å². The Kier molecular flexibility index (Phi) is 5.76. The van der Waals surface area contributed by atoms with Crippen LogP contribution in [0, 0.1) is 5.92 Å². The lowest BCUT2D eigenvalue weighted by Gasteiger charge is -2.27. The second-order valence-electron chi connectivity index (χ2n) is 4.40. The molecule has 0 aromatic heterocycles. The van der Waals surface area contributed by atoms with Crippen molar-refractivity contribution in [2.45, 2.75) is 19.8 Å². The van der Waals surface area contributed by atoms with Crippen LogP contribution in [0.15, 0.2) is 0 Å². The van der Waals surface area contributed by atoms with Gasteiger partial charge >= 0.3 is 6.03 Å². The molecule has 3 amide bonds. The minimum absolute atomic E-state index is 0.0559. The van der Waals surface area contributed by atoms with Crippen molar-refractivity contribution in [1.82, 2.24) is 10.2 Å². The molecule has 1 saturated heterocycles. The molecule has 0 aromatic carbocycles. The lowest BCUT2D eigenvalue weighted by atomic mass is 10.0. The molecule has 17 heavy (non-hydrogen) atoms. The maximum absolute atomic E-state index is 11.7. The summed E-state index contributed by atoms with van der Waals surface area (Å²) in [5.41, 5.74) is 5.09. The highest BCUT2D eigenvalue weighted by atomic mass is 16.5. The summed E-state index contributed by atoms with van der Waals surface area (Å²) in [7, 11) is 0. The van der Waals surface area contributed by atoms with Crippen LogP contribution in [0.4, 0.5) is 4.79 Å². The Morgan fingerprint density at radius 1 is 1.41 bits per heavy atom. The Morgan fingerprint density at radius 2 is 2.06 bits per heavy atom. The van der Waals surface area contributed by atoms with E-state index in [0.717, 1.165) is 6.42 Å². The first-order valence-electron chi connectivity index (χ1n) is 5.98. The molecule has 0 aromatic rings. The van der Waals surface area contributed by atoms with E-state index in [9.17, 15) is 9.59 Å². The zero-order chi connectivity index (χ0) is 12.7. The van der Waals surface area contributed by atoms with Gasteiger partial charge in [0.15, 0.2) is 0 Å². The Bertz CT molecular complexity index is 265. The van der Waals surface area contributed by atoms with Crippen LogP contribution < -0.4 is 11.1 Å². The van der Waals surface area contributed by atoms with Crippen molar-refractivity contribution in [1.29, 1.82) is 0 Å². The quantitative estimate of drug-likeness (QED) is 0.709. The van der Waals surface area contributed by atoms with Crippen molar-refractivity contribution < 1.29 is 14.3 Å². The van der Waals surface area contributed by atoms with Crippen LogP contribution in [0.25, 0.3) is 0 Å². The van der Waals surface area contributed by atoms with Gasteiger partial charge in [-0.05, 0) is 12.3 Å². The molecule has 0 bridgehead atoms. The van der Waals surface area contributed by atoms with Gasteiger partial charge in [0.25, 0.3) is 0 Å². The van der Waals surface area contributed by atoms with Gasteiger partial charge in [0.1, 0.15) is 0 Å². The fourth-order valence-electron chi connectivity index (χ4n) is 1.75. The van der Waals surface area contributed by atoms with Crippen molar-refractivity contribution in [2.75, 3.05) is 32.8 Å². The Labute approximate surface area is 101 Å². The first-order chi connectivity index (χ1) is 8.09. The number of rotatable bonds is 5. The SMILES string of the molecule is C[C@@H](CCNC(=O)N1CCOCC1)CC(N)=O. The smallest absolute Gasteiger partial charge is 0.317 e. The fraction of sp³-hybridized carbons (Fsp3) is 0.818. The summed E-state index contributed by atoms with van der Waals surface area (Å²) < 4.78 is 5.16. The largest absolute Gasteiger partial charge is 0.378 e. The average molecular weight is 243 g/mol. The molecule has 1 fully saturated rings. The monoisotopic (exact) mass is 243 g/mol. The Hall–Kier alpha value is -1.30. The number of nitrogens with two attached hydrogens (primary N) is 1. The number of urea groups is 1. The summed E-state index contributed by atoms with van der Waals surface area (Å²) in [6.45, 7) is 5.01. The predicted molar refractivity (Wildman–Crippen MR) is 63.4 cm³/mol. The fourth-order valence-corrected chi connectivity index (χ4v) is 1.75. The lowest BCUT2D eigenvalue weighted by Crippen LogP contribution is -2.46. The van der Waals surface area contributed by atoms with Gasteiger partial charge in [0.2, 0.25) is 5.91 Å². The molecule has 0 unspecified atom stereocenters. The third-order valence-corrected chi connectivity index (χ3v) is 2.76. The molecular formula is C11H21N3O3. The maximum Gasteiger partial charge on any atom is 0.317 e. The summed E-state index contributed by atoms with van der Waals surface area (Å²) in [4.78, 5) is 24.1. The van der Waals surface area contributed by atoms with Gasteiger partial charge in [0, 0.05) is 26.1 Å². The third kappa shape index (κ3) is 5.53. The summed E-state index contributed by atoms with van der Waals surface area (Å²) in [5.74, 6) is -0.0884. The van der Waals surface area contributed by atoms with Crippen molar-refractivity contribution >= 4 is 11.9 Å². The number of hydrogen-bond acceptors (Lipinski definition) is 3. The van der Waals surface area contributed by atoms with E-state index in [4.69, 9.17) is 10.5 Å². The average Bonchev–Trinajstić information content (AvgIpc) is 2.29. The number of amides is 3. The van der Waals surface area contributed by atoms with Gasteiger partial charge in [-0.25, -0.2) is 4.79 Å². The molecule has 3 N–H and O–H groups in total. The van der Waals surface area contributed by atoms with E-state index >= 15 is 0 Å².